The number of likely N-dealkylation sites (N-methyl/N-ethyl adjacent to an activating group) is 1. The van der Waals surface area contributed by atoms with Crippen molar-refractivity contribution in [2.75, 3.05) is 20.7 Å². The van der Waals surface area contributed by atoms with Crippen LogP contribution in [-0.2, 0) is 14.8 Å². The molecule has 2 aromatic rings. The van der Waals surface area contributed by atoms with Crippen LogP contribution in [-0.4, -0.2) is 45.5 Å². The number of ether oxygens (including phenoxy) is 1. The van der Waals surface area contributed by atoms with Crippen molar-refractivity contribution in [2.45, 2.75) is 4.90 Å². The van der Waals surface area contributed by atoms with Gasteiger partial charge < -0.3 is 4.74 Å². The molecule has 0 spiro atoms. The third kappa shape index (κ3) is 5.43. The zero-order valence-electron chi connectivity index (χ0n) is 14.5. The van der Waals surface area contributed by atoms with E-state index in [0.29, 0.717) is 16.3 Å². The van der Waals surface area contributed by atoms with Gasteiger partial charge in [0.15, 0.2) is 0 Å². The number of methoxy groups -OCH3 is 1. The van der Waals surface area contributed by atoms with E-state index >= 15 is 0 Å². The van der Waals surface area contributed by atoms with E-state index in [1.54, 1.807) is 24.3 Å². The molecule has 27 heavy (non-hydrogen) atoms. The Kier molecular flexibility index (Phi) is 7.20. The molecule has 0 aliphatic rings. The summed E-state index contributed by atoms with van der Waals surface area (Å²) in [6.45, 7) is -0.425. The third-order valence-corrected chi connectivity index (χ3v) is 5.93. The number of halogens is 2. The molecular weight excluding hydrogens is 413 g/mol. The van der Waals surface area contributed by atoms with Crippen molar-refractivity contribution in [1.29, 1.82) is 0 Å². The van der Waals surface area contributed by atoms with Gasteiger partial charge in [-0.1, -0.05) is 41.4 Å². The molecular formula is C17H17Cl2N3O4S. The minimum Gasteiger partial charge on any atom is -0.495 e. The summed E-state index contributed by atoms with van der Waals surface area (Å²) in [5, 5.41) is 4.41. The first kappa shape index (κ1) is 21.2. The fourth-order valence-electron chi connectivity index (χ4n) is 2.06. The second kappa shape index (κ2) is 9.18. The molecule has 10 heteroatoms. The van der Waals surface area contributed by atoms with Crippen LogP contribution in [0, 0.1) is 0 Å². The highest BCUT2D eigenvalue weighted by atomic mass is 35.5. The van der Waals surface area contributed by atoms with Crippen LogP contribution < -0.4 is 10.2 Å². The molecule has 0 aliphatic carbocycles. The Morgan fingerprint density at radius 1 is 1.22 bits per heavy atom. The molecule has 144 valence electrons. The lowest BCUT2D eigenvalue weighted by molar-refractivity contribution is -0.121. The molecule has 1 amide bonds. The molecule has 0 saturated carbocycles. The predicted molar refractivity (Wildman–Crippen MR) is 105 cm³/mol. The van der Waals surface area contributed by atoms with Gasteiger partial charge in [-0.15, -0.1) is 0 Å². The van der Waals surface area contributed by atoms with Gasteiger partial charge in [0.05, 0.1) is 29.8 Å². The second-order valence-corrected chi connectivity index (χ2v) is 8.23. The molecule has 0 saturated heterocycles. The number of carbonyl (C=O) groups is 1. The smallest absolute Gasteiger partial charge is 0.255 e. The predicted octanol–water partition coefficient (Wildman–Crippen LogP) is 2.77. The minimum absolute atomic E-state index is 0.0526. The lowest BCUT2D eigenvalue weighted by Crippen LogP contribution is -2.36. The monoisotopic (exact) mass is 429 g/mol. The summed E-state index contributed by atoms with van der Waals surface area (Å²) < 4.78 is 31.0. The number of hydrazone groups is 1. The number of carbonyl (C=O) groups excluding carboxylic acids is 1. The van der Waals surface area contributed by atoms with Gasteiger partial charge in [-0.05, 0) is 24.3 Å². The van der Waals surface area contributed by atoms with E-state index in [0.717, 1.165) is 4.31 Å². The Morgan fingerprint density at radius 2 is 1.93 bits per heavy atom. The van der Waals surface area contributed by atoms with Crippen LogP contribution in [0.15, 0.2) is 52.5 Å². The number of benzene rings is 2. The van der Waals surface area contributed by atoms with Gasteiger partial charge in [0.1, 0.15) is 5.75 Å². The molecule has 0 atom stereocenters. The van der Waals surface area contributed by atoms with Gasteiger partial charge in [0.2, 0.25) is 10.0 Å². The fourth-order valence-corrected chi connectivity index (χ4v) is 3.72. The molecule has 0 fully saturated rings. The lowest BCUT2D eigenvalue weighted by atomic mass is 10.2. The van der Waals surface area contributed by atoms with Gasteiger partial charge >= 0.3 is 0 Å². The molecule has 1 N–H and O–H groups in total. The Hall–Kier alpha value is -2.13. The summed E-state index contributed by atoms with van der Waals surface area (Å²) in [7, 11) is -1.20. The van der Waals surface area contributed by atoms with Crippen LogP contribution in [0.4, 0.5) is 0 Å². The summed E-state index contributed by atoms with van der Waals surface area (Å²) in [6.07, 6.45) is 1.37. The van der Waals surface area contributed by atoms with Crippen LogP contribution >= 0.6 is 23.2 Å². The van der Waals surface area contributed by atoms with Gasteiger partial charge in [0, 0.05) is 17.6 Å². The summed E-state index contributed by atoms with van der Waals surface area (Å²) in [4.78, 5) is 11.9. The average Bonchev–Trinajstić information content (AvgIpc) is 2.63. The van der Waals surface area contributed by atoms with E-state index in [-0.39, 0.29) is 9.92 Å². The van der Waals surface area contributed by atoms with E-state index < -0.39 is 22.5 Å². The summed E-state index contributed by atoms with van der Waals surface area (Å²) >= 11 is 11.9. The Balaban J connectivity index is 2.02. The van der Waals surface area contributed by atoms with Crippen molar-refractivity contribution in [3.05, 3.63) is 58.1 Å². The summed E-state index contributed by atoms with van der Waals surface area (Å²) in [5.41, 5.74) is 2.88. The number of nitrogens with zero attached hydrogens (tertiary/aromatic N) is 2. The normalized spacial score (nSPS) is 11.7. The molecule has 0 bridgehead atoms. The van der Waals surface area contributed by atoms with Crippen molar-refractivity contribution in [3.8, 4) is 5.75 Å². The van der Waals surface area contributed by atoms with Gasteiger partial charge in [-0.25, -0.2) is 13.8 Å². The average molecular weight is 430 g/mol. The van der Waals surface area contributed by atoms with Gasteiger partial charge in [-0.2, -0.15) is 9.41 Å². The number of sulfonamides is 1. The van der Waals surface area contributed by atoms with Crippen molar-refractivity contribution in [1.82, 2.24) is 9.73 Å². The maximum atomic E-state index is 12.6. The third-order valence-electron chi connectivity index (χ3n) is 3.50. The number of rotatable bonds is 7. The zero-order valence-corrected chi connectivity index (χ0v) is 16.8. The van der Waals surface area contributed by atoms with E-state index in [4.69, 9.17) is 27.9 Å². The van der Waals surface area contributed by atoms with E-state index in [2.05, 4.69) is 10.5 Å². The first-order valence-corrected chi connectivity index (χ1v) is 9.81. The van der Waals surface area contributed by atoms with Crippen LogP contribution in [0.2, 0.25) is 10.0 Å². The van der Waals surface area contributed by atoms with Gasteiger partial charge in [-0.3, -0.25) is 4.79 Å². The maximum Gasteiger partial charge on any atom is 0.255 e. The number of nitrogens with one attached hydrogen (secondary N) is 1. The highest BCUT2D eigenvalue weighted by Gasteiger charge is 2.23. The summed E-state index contributed by atoms with van der Waals surface area (Å²) in [5.74, 6) is -0.256. The van der Waals surface area contributed by atoms with E-state index in [9.17, 15) is 13.2 Å². The van der Waals surface area contributed by atoms with E-state index in [1.807, 2.05) is 0 Å². The van der Waals surface area contributed by atoms with Crippen molar-refractivity contribution in [3.63, 3.8) is 0 Å². The largest absolute Gasteiger partial charge is 0.495 e. The molecule has 0 aromatic heterocycles. The van der Waals surface area contributed by atoms with Crippen LogP contribution in [0.5, 0.6) is 5.75 Å². The number of hydrogen-bond donors (Lipinski definition) is 1. The molecule has 7 nitrogen and oxygen atoms in total. The topological polar surface area (TPSA) is 88.1 Å². The van der Waals surface area contributed by atoms with Crippen molar-refractivity contribution in [2.24, 2.45) is 5.10 Å². The molecule has 2 rings (SSSR count). The molecule has 0 unspecified atom stereocenters. The Morgan fingerprint density at radius 3 is 2.56 bits per heavy atom. The number of hydrogen-bond acceptors (Lipinski definition) is 5. The second-order valence-electron chi connectivity index (χ2n) is 5.37. The molecule has 2 aromatic carbocycles. The first-order chi connectivity index (χ1) is 12.8. The van der Waals surface area contributed by atoms with Gasteiger partial charge in [0.25, 0.3) is 5.91 Å². The van der Waals surface area contributed by atoms with Crippen LogP contribution in [0.1, 0.15) is 5.56 Å². The molecule has 0 heterocycles. The van der Waals surface area contributed by atoms with Crippen molar-refractivity contribution >= 4 is 45.3 Å². The highest BCUT2D eigenvalue weighted by Crippen LogP contribution is 2.28. The lowest BCUT2D eigenvalue weighted by Gasteiger charge is -2.16. The molecule has 0 radical (unpaired) electrons. The standard InChI is InChI=1S/C17H17Cl2N3O4S/c1-22(27(24,25)13-7-8-16(26-2)15(19)9-13)11-17(23)21-20-10-12-5-3-4-6-14(12)18/h3-10H,11H2,1-2H3,(H,21,23). The zero-order chi connectivity index (χ0) is 20.0. The first-order valence-electron chi connectivity index (χ1n) is 7.62. The molecule has 0 aliphatic heterocycles. The Labute approximate surface area is 167 Å². The van der Waals surface area contributed by atoms with Crippen LogP contribution in [0.3, 0.4) is 0 Å². The Bertz CT molecular complexity index is 964. The maximum absolute atomic E-state index is 12.6. The van der Waals surface area contributed by atoms with E-state index in [1.165, 1.54) is 38.6 Å². The summed E-state index contributed by atoms with van der Waals surface area (Å²) in [6, 6.07) is 11.0. The number of amides is 1. The minimum atomic E-state index is -3.91. The quantitative estimate of drug-likeness (QED) is 0.541. The van der Waals surface area contributed by atoms with Crippen molar-refractivity contribution < 1.29 is 17.9 Å². The highest BCUT2D eigenvalue weighted by molar-refractivity contribution is 7.89. The van der Waals surface area contributed by atoms with Crippen LogP contribution in [0.25, 0.3) is 0 Å². The SMILES string of the molecule is COc1ccc(S(=O)(=O)N(C)CC(=O)NN=Cc2ccccc2Cl)cc1Cl. The fraction of sp³-hybridized carbons (Fsp3) is 0.176.